The fourth-order valence-corrected chi connectivity index (χ4v) is 1.45. The van der Waals surface area contributed by atoms with Crippen LogP contribution in [0.5, 0.6) is 0 Å². The van der Waals surface area contributed by atoms with Crippen LogP contribution in [0.4, 0.5) is 0 Å². The minimum atomic E-state index is 0.0452. The fraction of sp³-hybridized carbons (Fsp3) is 0.667. The predicted octanol–water partition coefficient (Wildman–Crippen LogP) is 2.08. The van der Waals surface area contributed by atoms with Crippen molar-refractivity contribution in [1.82, 2.24) is 9.55 Å². The molecule has 1 rings (SSSR count). The van der Waals surface area contributed by atoms with Crippen molar-refractivity contribution in [2.45, 2.75) is 33.4 Å². The zero-order valence-electron chi connectivity index (χ0n) is 8.08. The lowest BCUT2D eigenvalue weighted by molar-refractivity contribution is 0.267. The van der Waals surface area contributed by atoms with Crippen molar-refractivity contribution in [2.24, 2.45) is 5.92 Å². The van der Waals surface area contributed by atoms with Gasteiger partial charge in [0.2, 0.25) is 0 Å². The SMILES string of the molecule is CCC(C)Cn1c(CO)c[nH]c1=S. The van der Waals surface area contributed by atoms with Gasteiger partial charge in [-0.15, -0.1) is 0 Å². The summed E-state index contributed by atoms with van der Waals surface area (Å²) in [5, 5.41) is 9.03. The highest BCUT2D eigenvalue weighted by atomic mass is 32.1. The van der Waals surface area contributed by atoms with Crippen molar-refractivity contribution in [2.75, 3.05) is 0 Å². The van der Waals surface area contributed by atoms with Crippen LogP contribution in [0.15, 0.2) is 6.20 Å². The summed E-state index contributed by atoms with van der Waals surface area (Å²) in [6.45, 7) is 5.26. The van der Waals surface area contributed by atoms with Crippen molar-refractivity contribution in [1.29, 1.82) is 0 Å². The summed E-state index contributed by atoms with van der Waals surface area (Å²) in [6, 6.07) is 0. The number of hydrogen-bond acceptors (Lipinski definition) is 2. The Morgan fingerprint density at radius 1 is 1.69 bits per heavy atom. The van der Waals surface area contributed by atoms with Gasteiger partial charge < -0.3 is 14.7 Å². The first-order valence-electron chi connectivity index (χ1n) is 4.57. The number of aromatic amines is 1. The standard InChI is InChI=1S/C9H16N2OS/c1-3-7(2)5-11-8(6-12)4-10-9(11)13/h4,7,12H,3,5-6H2,1-2H3,(H,10,13). The second-order valence-corrected chi connectivity index (χ2v) is 3.75. The Morgan fingerprint density at radius 3 is 2.92 bits per heavy atom. The number of nitrogens with one attached hydrogen (secondary N) is 1. The van der Waals surface area contributed by atoms with Crippen LogP contribution in [0.1, 0.15) is 26.0 Å². The molecule has 0 aliphatic heterocycles. The summed E-state index contributed by atoms with van der Waals surface area (Å²) >= 11 is 5.10. The summed E-state index contributed by atoms with van der Waals surface area (Å²) in [5.74, 6) is 0.591. The molecule has 1 atom stereocenters. The van der Waals surface area contributed by atoms with Crippen LogP contribution in [0.25, 0.3) is 0 Å². The molecule has 0 aromatic carbocycles. The Morgan fingerprint density at radius 2 is 2.38 bits per heavy atom. The molecule has 0 bridgehead atoms. The molecule has 1 aromatic heterocycles. The summed E-state index contributed by atoms with van der Waals surface area (Å²) in [4.78, 5) is 2.94. The van der Waals surface area contributed by atoms with Crippen molar-refractivity contribution >= 4 is 12.2 Å². The van der Waals surface area contributed by atoms with Gasteiger partial charge in [0.15, 0.2) is 4.77 Å². The Kier molecular flexibility index (Phi) is 3.69. The maximum atomic E-state index is 9.03. The van der Waals surface area contributed by atoms with E-state index in [0.29, 0.717) is 10.7 Å². The zero-order chi connectivity index (χ0) is 9.84. The monoisotopic (exact) mass is 200 g/mol. The van der Waals surface area contributed by atoms with E-state index in [2.05, 4.69) is 18.8 Å². The lowest BCUT2D eigenvalue weighted by atomic mass is 10.1. The molecule has 0 aliphatic carbocycles. The minimum Gasteiger partial charge on any atom is -0.390 e. The molecule has 0 saturated heterocycles. The molecule has 2 N–H and O–H groups in total. The zero-order valence-corrected chi connectivity index (χ0v) is 8.90. The van der Waals surface area contributed by atoms with Crippen LogP contribution < -0.4 is 0 Å². The molecular formula is C9H16N2OS. The highest BCUT2D eigenvalue weighted by molar-refractivity contribution is 7.71. The highest BCUT2D eigenvalue weighted by Gasteiger charge is 2.05. The van der Waals surface area contributed by atoms with Gasteiger partial charge in [0.05, 0.1) is 12.3 Å². The first-order chi connectivity index (χ1) is 6.19. The molecule has 0 radical (unpaired) electrons. The maximum Gasteiger partial charge on any atom is 0.177 e. The lowest BCUT2D eigenvalue weighted by Crippen LogP contribution is -2.09. The van der Waals surface area contributed by atoms with Crippen molar-refractivity contribution < 1.29 is 5.11 Å². The Hall–Kier alpha value is -0.610. The normalized spacial score (nSPS) is 13.2. The lowest BCUT2D eigenvalue weighted by Gasteiger charge is -2.11. The Balaban J connectivity index is 2.85. The van der Waals surface area contributed by atoms with Gasteiger partial charge in [0, 0.05) is 12.7 Å². The molecule has 0 spiro atoms. The molecule has 0 saturated carbocycles. The molecule has 74 valence electrons. The predicted molar refractivity (Wildman–Crippen MR) is 55.0 cm³/mol. The minimum absolute atomic E-state index is 0.0452. The fourth-order valence-electron chi connectivity index (χ4n) is 1.20. The first-order valence-corrected chi connectivity index (χ1v) is 4.97. The van der Waals surface area contributed by atoms with Gasteiger partial charge in [0.1, 0.15) is 0 Å². The van der Waals surface area contributed by atoms with Gasteiger partial charge in [0.25, 0.3) is 0 Å². The smallest absolute Gasteiger partial charge is 0.177 e. The number of hydrogen-bond donors (Lipinski definition) is 2. The third kappa shape index (κ3) is 2.42. The summed E-state index contributed by atoms with van der Waals surface area (Å²) in [5.41, 5.74) is 0.866. The van der Waals surface area contributed by atoms with E-state index in [1.807, 2.05) is 4.57 Å². The first kappa shape index (κ1) is 10.5. The molecule has 3 nitrogen and oxygen atoms in total. The molecule has 1 heterocycles. The Bertz CT molecular complexity index is 316. The summed E-state index contributed by atoms with van der Waals surface area (Å²) in [6.07, 6.45) is 2.89. The van der Waals surface area contributed by atoms with Crippen LogP contribution >= 0.6 is 12.2 Å². The number of aliphatic hydroxyl groups excluding tert-OH is 1. The molecule has 0 amide bonds. The largest absolute Gasteiger partial charge is 0.390 e. The number of aromatic nitrogens is 2. The van der Waals surface area contributed by atoms with Gasteiger partial charge >= 0.3 is 0 Å². The van der Waals surface area contributed by atoms with Crippen molar-refractivity contribution in [3.63, 3.8) is 0 Å². The van der Waals surface area contributed by atoms with E-state index < -0.39 is 0 Å². The van der Waals surface area contributed by atoms with E-state index in [1.165, 1.54) is 0 Å². The molecule has 4 heteroatoms. The Labute approximate surface area is 83.4 Å². The number of H-pyrrole nitrogens is 1. The van der Waals surface area contributed by atoms with Gasteiger partial charge in [-0.1, -0.05) is 20.3 Å². The molecule has 13 heavy (non-hydrogen) atoms. The molecule has 0 fully saturated rings. The number of imidazole rings is 1. The van der Waals surface area contributed by atoms with Crippen molar-refractivity contribution in [3.05, 3.63) is 16.7 Å². The van der Waals surface area contributed by atoms with Crippen LogP contribution in [-0.2, 0) is 13.2 Å². The van der Waals surface area contributed by atoms with Crippen LogP contribution in [0, 0.1) is 10.7 Å². The van der Waals surface area contributed by atoms with E-state index >= 15 is 0 Å². The molecular weight excluding hydrogens is 184 g/mol. The van der Waals surface area contributed by atoms with E-state index in [9.17, 15) is 0 Å². The van der Waals surface area contributed by atoms with Gasteiger partial charge in [-0.25, -0.2) is 0 Å². The number of rotatable bonds is 4. The number of nitrogens with zero attached hydrogens (tertiary/aromatic N) is 1. The van der Waals surface area contributed by atoms with Gasteiger partial charge in [-0.05, 0) is 18.1 Å². The quantitative estimate of drug-likeness (QED) is 0.731. The van der Waals surface area contributed by atoms with Gasteiger partial charge in [-0.2, -0.15) is 0 Å². The third-order valence-corrected chi connectivity index (χ3v) is 2.65. The van der Waals surface area contributed by atoms with Crippen molar-refractivity contribution in [3.8, 4) is 0 Å². The highest BCUT2D eigenvalue weighted by Crippen LogP contribution is 2.09. The third-order valence-electron chi connectivity index (χ3n) is 2.31. The number of aliphatic hydroxyl groups is 1. The van der Waals surface area contributed by atoms with E-state index in [0.717, 1.165) is 18.7 Å². The summed E-state index contributed by atoms with van der Waals surface area (Å²) in [7, 11) is 0. The van der Waals surface area contributed by atoms with E-state index in [1.54, 1.807) is 6.20 Å². The van der Waals surface area contributed by atoms with E-state index in [-0.39, 0.29) is 6.61 Å². The molecule has 1 aromatic rings. The van der Waals surface area contributed by atoms with E-state index in [4.69, 9.17) is 17.3 Å². The second kappa shape index (κ2) is 4.58. The average molecular weight is 200 g/mol. The van der Waals surface area contributed by atoms with Crippen LogP contribution in [0.2, 0.25) is 0 Å². The average Bonchev–Trinajstić information content (AvgIpc) is 2.48. The topological polar surface area (TPSA) is 41.0 Å². The van der Waals surface area contributed by atoms with Crippen LogP contribution in [-0.4, -0.2) is 14.7 Å². The molecule has 1 unspecified atom stereocenters. The van der Waals surface area contributed by atoms with Gasteiger partial charge in [-0.3, -0.25) is 0 Å². The maximum absolute atomic E-state index is 9.03. The van der Waals surface area contributed by atoms with Crippen LogP contribution in [0.3, 0.4) is 0 Å². The second-order valence-electron chi connectivity index (χ2n) is 3.37. The summed E-state index contributed by atoms with van der Waals surface area (Å²) < 4.78 is 2.66. The molecule has 0 aliphatic rings.